The van der Waals surface area contributed by atoms with E-state index >= 15 is 0 Å². The number of carbonyl (C=O) groups excluding carboxylic acids is 1. The van der Waals surface area contributed by atoms with Crippen molar-refractivity contribution in [2.45, 2.75) is 37.8 Å². The van der Waals surface area contributed by atoms with Crippen molar-refractivity contribution in [2.24, 2.45) is 0 Å². The molecule has 1 unspecified atom stereocenters. The van der Waals surface area contributed by atoms with Crippen LogP contribution in [0.3, 0.4) is 0 Å². The minimum atomic E-state index is -0.186. The van der Waals surface area contributed by atoms with Gasteiger partial charge in [-0.2, -0.15) is 0 Å². The molecule has 5 nitrogen and oxygen atoms in total. The Morgan fingerprint density at radius 3 is 2.75 bits per heavy atom. The normalized spacial score (nSPS) is 21.9. The molecule has 1 aliphatic carbocycles. The minimum absolute atomic E-state index is 0.000823. The van der Waals surface area contributed by atoms with E-state index in [1.54, 1.807) is 0 Å². The van der Waals surface area contributed by atoms with E-state index in [0.717, 1.165) is 32.2 Å². The number of nitrogens with one attached hydrogen (secondary N) is 1. The summed E-state index contributed by atoms with van der Waals surface area (Å²) in [6.07, 6.45) is 4.29. The summed E-state index contributed by atoms with van der Waals surface area (Å²) >= 11 is 0. The quantitative estimate of drug-likeness (QED) is 0.728. The van der Waals surface area contributed by atoms with Crippen LogP contribution >= 0.6 is 0 Å². The van der Waals surface area contributed by atoms with Crippen LogP contribution in [-0.4, -0.2) is 46.2 Å². The third-order valence-corrected chi connectivity index (χ3v) is 4.04. The molecular weight excluding hydrogens is 256 g/mol. The first-order valence-corrected chi connectivity index (χ1v) is 7.21. The molecule has 1 heterocycles. The van der Waals surface area contributed by atoms with Gasteiger partial charge in [0.15, 0.2) is 0 Å². The van der Waals surface area contributed by atoms with Gasteiger partial charge in [-0.3, -0.25) is 4.79 Å². The Bertz CT molecular complexity index is 508. The van der Waals surface area contributed by atoms with Crippen LogP contribution in [-0.2, 0) is 0 Å². The zero-order chi connectivity index (χ0) is 14.1. The number of hydrogen-bond acceptors (Lipinski definition) is 4. The first-order valence-electron chi connectivity index (χ1n) is 7.21. The van der Waals surface area contributed by atoms with Crippen LogP contribution in [0.1, 0.15) is 36.0 Å². The van der Waals surface area contributed by atoms with Crippen LogP contribution in [0.2, 0.25) is 0 Å². The average Bonchev–Trinajstić information content (AvgIpc) is 3.15. The fourth-order valence-corrected chi connectivity index (χ4v) is 2.78. The summed E-state index contributed by atoms with van der Waals surface area (Å²) in [7, 11) is 0. The van der Waals surface area contributed by atoms with Gasteiger partial charge in [-0.05, 0) is 50.4 Å². The van der Waals surface area contributed by atoms with Crippen molar-refractivity contribution in [1.82, 2.24) is 10.2 Å². The topological polar surface area (TPSA) is 72.8 Å². The van der Waals surface area contributed by atoms with Gasteiger partial charge in [-0.25, -0.2) is 0 Å². The Morgan fingerprint density at radius 1 is 1.30 bits per heavy atom. The molecule has 1 amide bonds. The second-order valence-electron chi connectivity index (χ2n) is 5.68. The molecule has 1 saturated heterocycles. The third kappa shape index (κ3) is 2.72. The first kappa shape index (κ1) is 13.2. The fourth-order valence-electron chi connectivity index (χ4n) is 2.78. The Hall–Kier alpha value is -1.75. The van der Waals surface area contributed by atoms with E-state index in [0.29, 0.717) is 12.6 Å². The Labute approximate surface area is 118 Å². The molecule has 1 saturated carbocycles. The summed E-state index contributed by atoms with van der Waals surface area (Å²) < 4.78 is 0. The van der Waals surface area contributed by atoms with Crippen molar-refractivity contribution < 1.29 is 15.0 Å². The van der Waals surface area contributed by atoms with Crippen LogP contribution in [0.15, 0.2) is 18.2 Å². The fraction of sp³-hybridized carbons (Fsp3) is 0.533. The molecule has 1 aromatic carbocycles. The van der Waals surface area contributed by atoms with Crippen molar-refractivity contribution in [2.75, 3.05) is 13.1 Å². The molecule has 3 N–H and O–H groups in total. The van der Waals surface area contributed by atoms with Gasteiger partial charge < -0.3 is 20.4 Å². The van der Waals surface area contributed by atoms with Gasteiger partial charge in [0.2, 0.25) is 0 Å². The van der Waals surface area contributed by atoms with Crippen molar-refractivity contribution in [1.29, 1.82) is 0 Å². The van der Waals surface area contributed by atoms with E-state index in [2.05, 4.69) is 5.32 Å². The van der Waals surface area contributed by atoms with Crippen LogP contribution in [0.4, 0.5) is 0 Å². The van der Waals surface area contributed by atoms with E-state index in [9.17, 15) is 15.0 Å². The number of benzene rings is 1. The van der Waals surface area contributed by atoms with Gasteiger partial charge in [0, 0.05) is 18.6 Å². The molecule has 0 radical (unpaired) electrons. The summed E-state index contributed by atoms with van der Waals surface area (Å²) in [6, 6.07) is 4.72. The summed E-state index contributed by atoms with van der Waals surface area (Å²) in [5, 5.41) is 22.8. The molecule has 1 aromatic rings. The van der Waals surface area contributed by atoms with E-state index in [-0.39, 0.29) is 29.0 Å². The lowest BCUT2D eigenvalue weighted by Crippen LogP contribution is -2.42. The summed E-state index contributed by atoms with van der Waals surface area (Å²) in [5.74, 6) is -0.256. The van der Waals surface area contributed by atoms with E-state index in [4.69, 9.17) is 0 Å². The van der Waals surface area contributed by atoms with Crippen molar-refractivity contribution in [3.63, 3.8) is 0 Å². The van der Waals surface area contributed by atoms with Crippen molar-refractivity contribution in [3.8, 4) is 11.5 Å². The Balaban J connectivity index is 1.79. The van der Waals surface area contributed by atoms with Crippen molar-refractivity contribution >= 4 is 5.91 Å². The zero-order valence-corrected chi connectivity index (χ0v) is 11.4. The predicted molar refractivity (Wildman–Crippen MR) is 74.9 cm³/mol. The van der Waals surface area contributed by atoms with Crippen LogP contribution in [0.25, 0.3) is 0 Å². The third-order valence-electron chi connectivity index (χ3n) is 4.04. The molecule has 1 aliphatic heterocycles. The molecule has 108 valence electrons. The largest absolute Gasteiger partial charge is 0.508 e. The lowest BCUT2D eigenvalue weighted by Gasteiger charge is -2.26. The van der Waals surface area contributed by atoms with E-state index in [1.807, 2.05) is 4.90 Å². The lowest BCUT2D eigenvalue weighted by atomic mass is 10.1. The molecule has 0 spiro atoms. The lowest BCUT2D eigenvalue weighted by molar-refractivity contribution is 0.0725. The smallest absolute Gasteiger partial charge is 0.258 e. The Kier molecular flexibility index (Phi) is 3.53. The highest BCUT2D eigenvalue weighted by Gasteiger charge is 2.35. The maximum Gasteiger partial charge on any atom is 0.258 e. The number of hydrogen-bond donors (Lipinski definition) is 3. The molecule has 3 rings (SSSR count). The van der Waals surface area contributed by atoms with Gasteiger partial charge in [-0.15, -0.1) is 0 Å². The maximum atomic E-state index is 12.6. The van der Waals surface area contributed by atoms with Crippen LogP contribution in [0.5, 0.6) is 11.5 Å². The molecule has 5 heteroatoms. The molecule has 2 aliphatic rings. The number of amides is 1. The Morgan fingerprint density at radius 2 is 2.10 bits per heavy atom. The van der Waals surface area contributed by atoms with Gasteiger partial charge in [0.05, 0.1) is 5.56 Å². The second-order valence-corrected chi connectivity index (χ2v) is 5.68. The van der Waals surface area contributed by atoms with Crippen molar-refractivity contribution in [3.05, 3.63) is 23.8 Å². The molecule has 2 fully saturated rings. The number of rotatable bonds is 4. The van der Waals surface area contributed by atoms with Gasteiger partial charge >= 0.3 is 0 Å². The predicted octanol–water partition coefficient (Wildman–Crippen LogP) is 1.45. The standard InChI is InChI=1S/C15H20N2O3/c18-12-5-6-14(19)13(8-12)15(20)17(11-3-4-11)9-10-2-1-7-16-10/h5-6,8,10-11,16,18-19H,1-4,7,9H2. The highest BCUT2D eigenvalue weighted by Crippen LogP contribution is 2.31. The average molecular weight is 276 g/mol. The van der Waals surface area contributed by atoms with Crippen LogP contribution in [0, 0.1) is 0 Å². The first-order chi connectivity index (χ1) is 9.65. The highest BCUT2D eigenvalue weighted by atomic mass is 16.3. The second kappa shape index (κ2) is 5.32. The SMILES string of the molecule is O=C(c1cc(O)ccc1O)N(CC1CCCN1)C1CC1. The number of aromatic hydroxyl groups is 2. The summed E-state index contributed by atoms with van der Waals surface area (Å²) in [5.41, 5.74) is 0.190. The maximum absolute atomic E-state index is 12.6. The van der Waals surface area contributed by atoms with E-state index < -0.39 is 0 Å². The summed E-state index contributed by atoms with van der Waals surface area (Å²) in [6.45, 7) is 1.69. The van der Waals surface area contributed by atoms with Gasteiger partial charge in [0.1, 0.15) is 11.5 Å². The monoisotopic (exact) mass is 276 g/mol. The molecule has 0 aromatic heterocycles. The number of nitrogens with zero attached hydrogens (tertiary/aromatic N) is 1. The molecule has 0 bridgehead atoms. The van der Waals surface area contributed by atoms with Crippen LogP contribution < -0.4 is 5.32 Å². The van der Waals surface area contributed by atoms with E-state index in [1.165, 1.54) is 18.2 Å². The number of phenols is 2. The zero-order valence-electron chi connectivity index (χ0n) is 11.4. The highest BCUT2D eigenvalue weighted by molar-refractivity contribution is 5.97. The molecule has 20 heavy (non-hydrogen) atoms. The molecule has 1 atom stereocenters. The van der Waals surface area contributed by atoms with Gasteiger partial charge in [0.25, 0.3) is 5.91 Å². The van der Waals surface area contributed by atoms with Gasteiger partial charge in [-0.1, -0.05) is 0 Å². The minimum Gasteiger partial charge on any atom is -0.508 e. The number of carbonyl (C=O) groups is 1. The number of phenolic OH excluding ortho intramolecular Hbond substituents is 2. The summed E-state index contributed by atoms with van der Waals surface area (Å²) in [4.78, 5) is 14.5. The molecular formula is C15H20N2O3.